The molecule has 3 amide bonds. The summed E-state index contributed by atoms with van der Waals surface area (Å²) in [5.41, 5.74) is 2.06. The molecule has 36 heavy (non-hydrogen) atoms. The SMILES string of the molecule is CNC(=O)C(CCC=O)N(C)C(=O)/C=C(\C=O)Nc1cccc(CCC(=O)Nc2ccc(Cl)cc2)c1. The van der Waals surface area contributed by atoms with Crippen molar-refractivity contribution in [1.29, 1.82) is 0 Å². The number of amides is 3. The molecule has 10 heteroatoms. The van der Waals surface area contributed by atoms with E-state index < -0.39 is 17.9 Å². The maximum atomic E-state index is 12.7. The highest BCUT2D eigenvalue weighted by Gasteiger charge is 2.25. The van der Waals surface area contributed by atoms with Crippen LogP contribution in [0.1, 0.15) is 24.8 Å². The molecule has 0 saturated heterocycles. The summed E-state index contributed by atoms with van der Waals surface area (Å²) in [6.45, 7) is 0. The van der Waals surface area contributed by atoms with Crippen LogP contribution in [0, 0.1) is 0 Å². The van der Waals surface area contributed by atoms with E-state index >= 15 is 0 Å². The van der Waals surface area contributed by atoms with Crippen molar-refractivity contribution >= 4 is 53.3 Å². The van der Waals surface area contributed by atoms with Crippen molar-refractivity contribution in [2.75, 3.05) is 24.7 Å². The minimum Gasteiger partial charge on any atom is -0.357 e. The quantitative estimate of drug-likeness (QED) is 0.280. The van der Waals surface area contributed by atoms with Gasteiger partial charge < -0.3 is 25.6 Å². The summed E-state index contributed by atoms with van der Waals surface area (Å²) in [6, 6.07) is 13.1. The Labute approximate surface area is 214 Å². The van der Waals surface area contributed by atoms with Crippen LogP contribution in [0.5, 0.6) is 0 Å². The van der Waals surface area contributed by atoms with Crippen LogP contribution >= 0.6 is 11.6 Å². The number of likely N-dealkylation sites (N-methyl/N-ethyl adjacent to an activating group) is 2. The first-order valence-electron chi connectivity index (χ1n) is 11.3. The van der Waals surface area contributed by atoms with Gasteiger partial charge in [0.25, 0.3) is 0 Å². The normalized spacial score (nSPS) is 11.7. The third-order valence-electron chi connectivity index (χ3n) is 5.31. The van der Waals surface area contributed by atoms with E-state index in [2.05, 4.69) is 16.0 Å². The van der Waals surface area contributed by atoms with Crippen molar-refractivity contribution in [2.24, 2.45) is 0 Å². The van der Waals surface area contributed by atoms with Gasteiger partial charge in [-0.1, -0.05) is 23.7 Å². The first-order valence-corrected chi connectivity index (χ1v) is 11.7. The van der Waals surface area contributed by atoms with Gasteiger partial charge in [0.05, 0.1) is 5.70 Å². The number of nitrogens with zero attached hydrogens (tertiary/aromatic N) is 1. The van der Waals surface area contributed by atoms with Crippen molar-refractivity contribution in [2.45, 2.75) is 31.7 Å². The Kier molecular flexibility index (Phi) is 11.3. The van der Waals surface area contributed by atoms with Gasteiger partial charge >= 0.3 is 0 Å². The fourth-order valence-corrected chi connectivity index (χ4v) is 3.49. The number of carbonyl (C=O) groups is 5. The van der Waals surface area contributed by atoms with Gasteiger partial charge in [0.1, 0.15) is 12.3 Å². The summed E-state index contributed by atoms with van der Waals surface area (Å²) >= 11 is 5.85. The highest BCUT2D eigenvalue weighted by atomic mass is 35.5. The van der Waals surface area contributed by atoms with Crippen LogP contribution in [-0.2, 0) is 30.4 Å². The molecule has 0 spiro atoms. The second-order valence-corrected chi connectivity index (χ2v) is 8.36. The molecule has 1 unspecified atom stereocenters. The van der Waals surface area contributed by atoms with Crippen LogP contribution in [0.2, 0.25) is 5.02 Å². The van der Waals surface area contributed by atoms with Crippen LogP contribution in [0.25, 0.3) is 0 Å². The zero-order valence-electron chi connectivity index (χ0n) is 20.1. The molecule has 190 valence electrons. The second kappa shape index (κ2) is 14.4. The molecule has 0 radical (unpaired) electrons. The van der Waals surface area contributed by atoms with Crippen molar-refractivity contribution in [1.82, 2.24) is 10.2 Å². The van der Waals surface area contributed by atoms with Crippen LogP contribution in [0.3, 0.4) is 0 Å². The Hall–Kier alpha value is -3.98. The number of halogens is 1. The number of hydrogen-bond acceptors (Lipinski definition) is 6. The average molecular weight is 513 g/mol. The number of allylic oxidation sites excluding steroid dienone is 1. The molecule has 2 aromatic carbocycles. The van der Waals surface area contributed by atoms with Crippen LogP contribution in [-0.4, -0.2) is 55.3 Å². The smallest absolute Gasteiger partial charge is 0.249 e. The Balaban J connectivity index is 2.01. The summed E-state index contributed by atoms with van der Waals surface area (Å²) in [7, 11) is 2.87. The van der Waals surface area contributed by atoms with E-state index in [1.807, 2.05) is 6.07 Å². The van der Waals surface area contributed by atoms with E-state index in [-0.39, 0.29) is 30.9 Å². The lowest BCUT2D eigenvalue weighted by atomic mass is 10.1. The molecular formula is C26H29ClN4O5. The van der Waals surface area contributed by atoms with Crippen molar-refractivity contribution in [3.05, 3.63) is 70.9 Å². The number of anilines is 2. The number of hydrogen-bond donors (Lipinski definition) is 3. The minimum atomic E-state index is -0.848. The predicted octanol–water partition coefficient (Wildman–Crippen LogP) is 2.96. The highest BCUT2D eigenvalue weighted by Crippen LogP contribution is 2.16. The average Bonchev–Trinajstić information content (AvgIpc) is 2.88. The largest absolute Gasteiger partial charge is 0.357 e. The fraction of sp³-hybridized carbons (Fsp3) is 0.269. The maximum absolute atomic E-state index is 12.7. The van der Waals surface area contributed by atoms with Gasteiger partial charge in [0.2, 0.25) is 17.7 Å². The topological polar surface area (TPSA) is 125 Å². The fourth-order valence-electron chi connectivity index (χ4n) is 3.37. The zero-order chi connectivity index (χ0) is 26.5. The number of aryl methyl sites for hydroxylation is 1. The third-order valence-corrected chi connectivity index (χ3v) is 5.56. The van der Waals surface area contributed by atoms with E-state index in [4.69, 9.17) is 11.6 Å². The van der Waals surface area contributed by atoms with Gasteiger partial charge in [-0.3, -0.25) is 19.2 Å². The summed E-state index contributed by atoms with van der Waals surface area (Å²) in [5, 5.41) is 8.74. The summed E-state index contributed by atoms with van der Waals surface area (Å²) in [6.07, 6.45) is 3.25. The monoisotopic (exact) mass is 512 g/mol. The summed E-state index contributed by atoms with van der Waals surface area (Å²) < 4.78 is 0. The Morgan fingerprint density at radius 2 is 1.75 bits per heavy atom. The molecule has 0 aliphatic carbocycles. The molecule has 1 atom stereocenters. The highest BCUT2D eigenvalue weighted by molar-refractivity contribution is 6.30. The van der Waals surface area contributed by atoms with Crippen molar-refractivity contribution in [3.8, 4) is 0 Å². The second-order valence-electron chi connectivity index (χ2n) is 7.92. The molecule has 0 aromatic heterocycles. The number of carbonyl (C=O) groups excluding carboxylic acids is 5. The van der Waals surface area contributed by atoms with Crippen LogP contribution in [0.4, 0.5) is 11.4 Å². The first kappa shape index (κ1) is 28.3. The maximum Gasteiger partial charge on any atom is 0.249 e. The van der Waals surface area contributed by atoms with Crippen molar-refractivity contribution < 1.29 is 24.0 Å². The van der Waals surface area contributed by atoms with Gasteiger partial charge in [-0.2, -0.15) is 0 Å². The standard InChI is InChI=1S/C26H29ClN4O5/c1-28-26(36)23(7-4-14-32)31(2)25(35)16-22(17-33)29-21-6-3-5-18(15-21)8-13-24(34)30-20-11-9-19(27)10-12-20/h3,5-6,9-12,14-17,23,29H,4,7-8,13H2,1-2H3,(H,28,36)(H,30,34)/b22-16+. The van der Waals surface area contributed by atoms with E-state index in [0.29, 0.717) is 35.4 Å². The van der Waals surface area contributed by atoms with E-state index in [9.17, 15) is 24.0 Å². The van der Waals surface area contributed by atoms with E-state index in [0.717, 1.165) is 11.6 Å². The number of aldehydes is 2. The first-order chi connectivity index (χ1) is 17.3. The van der Waals surface area contributed by atoms with E-state index in [1.54, 1.807) is 42.5 Å². The Morgan fingerprint density at radius 3 is 2.39 bits per heavy atom. The molecule has 0 saturated carbocycles. The number of nitrogens with one attached hydrogen (secondary N) is 3. The van der Waals surface area contributed by atoms with Gasteiger partial charge in [0.15, 0.2) is 6.29 Å². The van der Waals surface area contributed by atoms with Gasteiger partial charge in [0, 0.05) is 49.4 Å². The van der Waals surface area contributed by atoms with Crippen LogP contribution in [0.15, 0.2) is 60.3 Å². The third kappa shape index (κ3) is 8.99. The number of rotatable bonds is 13. The van der Waals surface area contributed by atoms with Crippen LogP contribution < -0.4 is 16.0 Å². The van der Waals surface area contributed by atoms with Gasteiger partial charge in [-0.15, -0.1) is 0 Å². The lowest BCUT2D eigenvalue weighted by molar-refractivity contribution is -0.136. The summed E-state index contributed by atoms with van der Waals surface area (Å²) in [5.74, 6) is -1.13. The molecule has 3 N–H and O–H groups in total. The Morgan fingerprint density at radius 1 is 1.03 bits per heavy atom. The van der Waals surface area contributed by atoms with Gasteiger partial charge in [-0.05, 0) is 54.8 Å². The number of benzene rings is 2. The molecule has 0 bridgehead atoms. The summed E-state index contributed by atoms with van der Waals surface area (Å²) in [4.78, 5) is 60.5. The van der Waals surface area contributed by atoms with Gasteiger partial charge in [-0.25, -0.2) is 0 Å². The Bertz CT molecular complexity index is 1120. The zero-order valence-corrected chi connectivity index (χ0v) is 20.9. The van der Waals surface area contributed by atoms with Crippen molar-refractivity contribution in [3.63, 3.8) is 0 Å². The molecule has 9 nitrogen and oxygen atoms in total. The molecule has 0 aliphatic heterocycles. The molecule has 0 heterocycles. The lowest BCUT2D eigenvalue weighted by Crippen LogP contribution is -2.46. The molecule has 2 rings (SSSR count). The predicted molar refractivity (Wildman–Crippen MR) is 139 cm³/mol. The molecule has 2 aromatic rings. The molecular weight excluding hydrogens is 484 g/mol. The molecule has 0 fully saturated rings. The minimum absolute atomic E-state index is 0.00414. The van der Waals surface area contributed by atoms with E-state index in [1.165, 1.54) is 19.0 Å². The lowest BCUT2D eigenvalue weighted by Gasteiger charge is -2.25. The molecule has 0 aliphatic rings.